The van der Waals surface area contributed by atoms with E-state index in [4.69, 9.17) is 5.73 Å². The highest BCUT2D eigenvalue weighted by Crippen LogP contribution is 2.12. The predicted octanol–water partition coefficient (Wildman–Crippen LogP) is 0.757. The van der Waals surface area contributed by atoms with Crippen LogP contribution in [0.5, 0.6) is 0 Å². The molecule has 0 radical (unpaired) electrons. The third-order valence-electron chi connectivity index (χ3n) is 3.13. The summed E-state index contributed by atoms with van der Waals surface area (Å²) in [4.78, 5) is 4.16. The average Bonchev–Trinajstić information content (AvgIpc) is 2.69. The molecule has 1 saturated heterocycles. The van der Waals surface area contributed by atoms with Crippen molar-refractivity contribution in [1.82, 2.24) is 4.31 Å². The summed E-state index contributed by atoms with van der Waals surface area (Å²) in [7, 11) is -3.05. The lowest BCUT2D eigenvalue weighted by Gasteiger charge is -2.12. The average molecular weight is 296 g/mol. The second-order valence-corrected chi connectivity index (χ2v) is 6.92. The smallest absolute Gasteiger partial charge is 0.214 e. The second kappa shape index (κ2) is 6.23. The van der Waals surface area contributed by atoms with Crippen LogP contribution in [0.3, 0.4) is 0 Å². The lowest BCUT2D eigenvalue weighted by atomic mass is 10.2. The van der Waals surface area contributed by atoms with E-state index in [-0.39, 0.29) is 5.75 Å². The number of nitrogens with zero attached hydrogens (tertiary/aromatic N) is 2. The molecule has 0 bridgehead atoms. The van der Waals surface area contributed by atoms with Crippen molar-refractivity contribution in [2.45, 2.75) is 13.3 Å². The highest BCUT2D eigenvalue weighted by atomic mass is 32.2. The van der Waals surface area contributed by atoms with Crippen LogP contribution >= 0.6 is 0 Å². The molecule has 3 N–H and O–H groups in total. The number of guanidine groups is 1. The van der Waals surface area contributed by atoms with Gasteiger partial charge in [-0.1, -0.05) is 12.1 Å². The van der Waals surface area contributed by atoms with Gasteiger partial charge in [0.2, 0.25) is 10.0 Å². The number of hydrogen-bond acceptors (Lipinski definition) is 3. The van der Waals surface area contributed by atoms with Gasteiger partial charge < -0.3 is 11.1 Å². The summed E-state index contributed by atoms with van der Waals surface area (Å²) in [5, 5.41) is 2.99. The van der Waals surface area contributed by atoms with E-state index in [1.807, 2.05) is 31.2 Å². The number of nitrogens with two attached hydrogens (primary N) is 1. The van der Waals surface area contributed by atoms with E-state index in [2.05, 4.69) is 10.3 Å². The second-order valence-electron chi connectivity index (χ2n) is 4.83. The van der Waals surface area contributed by atoms with Crippen molar-refractivity contribution < 1.29 is 8.42 Å². The highest BCUT2D eigenvalue weighted by molar-refractivity contribution is 7.89. The number of hydrogen-bond donors (Lipinski definition) is 2. The van der Waals surface area contributed by atoms with Gasteiger partial charge in [-0.2, -0.15) is 0 Å². The molecular formula is C13H20N4O2S. The van der Waals surface area contributed by atoms with Gasteiger partial charge in [0.1, 0.15) is 0 Å². The fourth-order valence-electron chi connectivity index (χ4n) is 2.13. The summed E-state index contributed by atoms with van der Waals surface area (Å²) >= 11 is 0. The van der Waals surface area contributed by atoms with Crippen LogP contribution in [0.4, 0.5) is 5.69 Å². The van der Waals surface area contributed by atoms with Gasteiger partial charge in [0.25, 0.3) is 0 Å². The molecule has 0 aromatic heterocycles. The molecule has 0 aliphatic carbocycles. The lowest BCUT2D eigenvalue weighted by molar-refractivity contribution is 0.452. The zero-order valence-electron chi connectivity index (χ0n) is 11.5. The summed E-state index contributed by atoms with van der Waals surface area (Å²) < 4.78 is 24.7. The van der Waals surface area contributed by atoms with Crippen LogP contribution in [0.2, 0.25) is 0 Å². The van der Waals surface area contributed by atoms with E-state index < -0.39 is 10.0 Å². The Balaban J connectivity index is 1.85. The Morgan fingerprint density at radius 2 is 2.30 bits per heavy atom. The minimum Gasteiger partial charge on any atom is -0.370 e. The highest BCUT2D eigenvalue weighted by Gasteiger charge is 2.27. The SMILES string of the molecule is Cc1cccc(NC(N)=NCCN2CCCS2(=O)=O)c1. The van der Waals surface area contributed by atoms with Crippen LogP contribution in [-0.2, 0) is 10.0 Å². The Morgan fingerprint density at radius 1 is 1.50 bits per heavy atom. The van der Waals surface area contributed by atoms with E-state index in [0.29, 0.717) is 32.0 Å². The number of aliphatic imine (C=N–C) groups is 1. The summed E-state index contributed by atoms with van der Waals surface area (Å²) in [6, 6.07) is 7.80. The van der Waals surface area contributed by atoms with Crippen LogP contribution in [0.15, 0.2) is 29.3 Å². The quantitative estimate of drug-likeness (QED) is 0.634. The molecule has 1 fully saturated rings. The molecule has 2 rings (SSSR count). The molecule has 0 spiro atoms. The molecule has 1 aliphatic rings. The van der Waals surface area contributed by atoms with Crippen molar-refractivity contribution >= 4 is 21.7 Å². The maximum Gasteiger partial charge on any atom is 0.214 e. The topological polar surface area (TPSA) is 87.8 Å². The van der Waals surface area contributed by atoms with Gasteiger partial charge in [0.05, 0.1) is 12.3 Å². The Hall–Kier alpha value is -1.60. The van der Waals surface area contributed by atoms with E-state index in [0.717, 1.165) is 11.3 Å². The molecule has 1 aliphatic heterocycles. The molecule has 20 heavy (non-hydrogen) atoms. The number of nitrogens with one attached hydrogen (secondary N) is 1. The summed E-state index contributed by atoms with van der Waals surface area (Å²) in [5.41, 5.74) is 7.78. The van der Waals surface area contributed by atoms with E-state index >= 15 is 0 Å². The maximum absolute atomic E-state index is 11.6. The van der Waals surface area contributed by atoms with Gasteiger partial charge in [-0.05, 0) is 31.0 Å². The molecule has 1 heterocycles. The Bertz CT molecular complexity index is 598. The fraction of sp³-hybridized carbons (Fsp3) is 0.462. The molecule has 6 nitrogen and oxygen atoms in total. The van der Waals surface area contributed by atoms with Crippen molar-refractivity contribution in [3.8, 4) is 0 Å². The van der Waals surface area contributed by atoms with E-state index in [1.54, 1.807) is 0 Å². The minimum atomic E-state index is -3.05. The maximum atomic E-state index is 11.6. The number of rotatable bonds is 4. The van der Waals surface area contributed by atoms with Gasteiger partial charge in [0, 0.05) is 18.8 Å². The normalized spacial score (nSPS) is 19.1. The third kappa shape index (κ3) is 3.94. The lowest BCUT2D eigenvalue weighted by Crippen LogP contribution is -2.30. The largest absolute Gasteiger partial charge is 0.370 e. The molecule has 1 aromatic rings. The van der Waals surface area contributed by atoms with Crippen LogP contribution in [-0.4, -0.2) is 44.1 Å². The predicted molar refractivity (Wildman–Crippen MR) is 81.3 cm³/mol. The van der Waals surface area contributed by atoms with Crippen LogP contribution in [0, 0.1) is 6.92 Å². The summed E-state index contributed by atoms with van der Waals surface area (Å²) in [5.74, 6) is 0.542. The number of benzene rings is 1. The zero-order chi connectivity index (χ0) is 14.6. The van der Waals surface area contributed by atoms with Crippen molar-refractivity contribution in [3.63, 3.8) is 0 Å². The molecule has 0 amide bonds. The van der Waals surface area contributed by atoms with Crippen molar-refractivity contribution in [3.05, 3.63) is 29.8 Å². The van der Waals surface area contributed by atoms with E-state index in [9.17, 15) is 8.42 Å². The van der Waals surface area contributed by atoms with Gasteiger partial charge in [-0.3, -0.25) is 4.99 Å². The first-order chi connectivity index (χ1) is 9.47. The first-order valence-corrected chi connectivity index (χ1v) is 8.20. The fourth-order valence-corrected chi connectivity index (χ4v) is 3.65. The number of anilines is 1. The Kier molecular flexibility index (Phi) is 4.61. The molecule has 0 saturated carbocycles. The third-order valence-corrected chi connectivity index (χ3v) is 5.08. The molecular weight excluding hydrogens is 276 g/mol. The first-order valence-electron chi connectivity index (χ1n) is 6.59. The number of sulfonamides is 1. The van der Waals surface area contributed by atoms with Gasteiger partial charge >= 0.3 is 0 Å². The van der Waals surface area contributed by atoms with Crippen molar-refractivity contribution in [2.75, 3.05) is 30.7 Å². The molecule has 0 unspecified atom stereocenters. The monoisotopic (exact) mass is 296 g/mol. The first kappa shape index (κ1) is 14.8. The minimum absolute atomic E-state index is 0.244. The zero-order valence-corrected chi connectivity index (χ0v) is 12.4. The van der Waals surface area contributed by atoms with Crippen LogP contribution < -0.4 is 11.1 Å². The van der Waals surface area contributed by atoms with Crippen LogP contribution in [0.25, 0.3) is 0 Å². The van der Waals surface area contributed by atoms with Gasteiger partial charge in [-0.15, -0.1) is 0 Å². The molecule has 110 valence electrons. The molecule has 1 aromatic carbocycles. The molecule has 7 heteroatoms. The Labute approximate surface area is 119 Å². The van der Waals surface area contributed by atoms with Crippen molar-refractivity contribution in [1.29, 1.82) is 0 Å². The van der Waals surface area contributed by atoms with Crippen molar-refractivity contribution in [2.24, 2.45) is 10.7 Å². The van der Waals surface area contributed by atoms with E-state index in [1.165, 1.54) is 4.31 Å². The standard InChI is InChI=1S/C13H20N4O2S/c1-11-4-2-5-12(10-11)16-13(14)15-6-8-17-7-3-9-20(17,18)19/h2,4-5,10H,3,6-9H2,1H3,(H3,14,15,16). The van der Waals surface area contributed by atoms with Gasteiger partial charge in [-0.25, -0.2) is 12.7 Å². The van der Waals surface area contributed by atoms with Crippen LogP contribution in [0.1, 0.15) is 12.0 Å². The summed E-state index contributed by atoms with van der Waals surface area (Å²) in [6.07, 6.45) is 0.697. The number of aryl methyl sites for hydroxylation is 1. The Morgan fingerprint density at radius 3 is 2.95 bits per heavy atom. The van der Waals surface area contributed by atoms with Gasteiger partial charge in [0.15, 0.2) is 5.96 Å². The summed E-state index contributed by atoms with van der Waals surface area (Å²) in [6.45, 7) is 3.34. The molecule has 0 atom stereocenters.